The first-order valence-corrected chi connectivity index (χ1v) is 10.2. The van der Waals surface area contributed by atoms with Crippen LogP contribution in [0.1, 0.15) is 37.1 Å². The molecule has 8 heteroatoms. The first kappa shape index (κ1) is 21.0. The molecule has 0 atom stereocenters. The molecule has 7 nitrogen and oxygen atoms in total. The molecule has 0 saturated heterocycles. The first-order valence-electron chi connectivity index (χ1n) is 10.2. The molecule has 0 radical (unpaired) electrons. The minimum atomic E-state index is -1.37. The van der Waals surface area contributed by atoms with Crippen LogP contribution >= 0.6 is 0 Å². The molecule has 1 aromatic heterocycles. The standard InChI is InChI=1S/C23H25FN4O3/c1-23(2,31)21(29)27-9-7-16(8-10-27)15-3-5-19(6-4-15)26-22(30)28-13-17-11-18(24)12-25-20(17)14-28/h3-7,11-12,31H,8-10,13-14H2,1-2H3,(H,26,30). The molecule has 3 heterocycles. The molecule has 2 aliphatic heterocycles. The number of pyridine rings is 1. The van der Waals surface area contributed by atoms with Crippen LogP contribution in [0.2, 0.25) is 0 Å². The number of aromatic nitrogens is 1. The Hall–Kier alpha value is -3.26. The van der Waals surface area contributed by atoms with E-state index in [2.05, 4.69) is 10.3 Å². The zero-order valence-corrected chi connectivity index (χ0v) is 17.6. The van der Waals surface area contributed by atoms with E-state index >= 15 is 0 Å². The Kier molecular flexibility index (Phi) is 5.49. The molecule has 0 saturated carbocycles. The SMILES string of the molecule is CC(C)(O)C(=O)N1CC=C(c2ccc(NC(=O)N3Cc4cc(F)cnc4C3)cc2)CC1. The maximum absolute atomic E-state index is 13.3. The number of hydrogen-bond donors (Lipinski definition) is 2. The van der Waals surface area contributed by atoms with Crippen LogP contribution < -0.4 is 5.32 Å². The maximum atomic E-state index is 13.3. The second-order valence-electron chi connectivity index (χ2n) is 8.41. The molecule has 31 heavy (non-hydrogen) atoms. The van der Waals surface area contributed by atoms with Gasteiger partial charge in [-0.3, -0.25) is 9.78 Å². The second-order valence-corrected chi connectivity index (χ2v) is 8.41. The smallest absolute Gasteiger partial charge is 0.322 e. The Morgan fingerprint density at radius 1 is 1.16 bits per heavy atom. The van der Waals surface area contributed by atoms with Crippen molar-refractivity contribution in [1.29, 1.82) is 0 Å². The number of hydrogen-bond acceptors (Lipinski definition) is 4. The molecule has 2 N–H and O–H groups in total. The molecule has 2 aliphatic rings. The van der Waals surface area contributed by atoms with E-state index in [9.17, 15) is 19.1 Å². The van der Waals surface area contributed by atoms with E-state index in [1.807, 2.05) is 30.3 Å². The van der Waals surface area contributed by atoms with Gasteiger partial charge in [-0.2, -0.15) is 0 Å². The van der Waals surface area contributed by atoms with Gasteiger partial charge in [0.1, 0.15) is 11.4 Å². The molecular formula is C23H25FN4O3. The second kappa shape index (κ2) is 8.11. The van der Waals surface area contributed by atoms with Gasteiger partial charge in [-0.05, 0) is 55.2 Å². The molecule has 0 bridgehead atoms. The summed E-state index contributed by atoms with van der Waals surface area (Å²) in [6.45, 7) is 4.69. The summed E-state index contributed by atoms with van der Waals surface area (Å²) in [4.78, 5) is 32.0. The van der Waals surface area contributed by atoms with Crippen LogP contribution in [0.3, 0.4) is 0 Å². The number of aliphatic hydroxyl groups is 1. The number of rotatable bonds is 3. The summed E-state index contributed by atoms with van der Waals surface area (Å²) in [5, 5.41) is 12.8. The molecular weight excluding hydrogens is 399 g/mol. The highest BCUT2D eigenvalue weighted by atomic mass is 19.1. The van der Waals surface area contributed by atoms with E-state index in [4.69, 9.17) is 0 Å². The van der Waals surface area contributed by atoms with Crippen molar-refractivity contribution in [3.05, 3.63) is 65.2 Å². The molecule has 1 aromatic carbocycles. The lowest BCUT2D eigenvalue weighted by Crippen LogP contribution is -2.46. The average molecular weight is 424 g/mol. The minimum Gasteiger partial charge on any atom is -0.381 e. The minimum absolute atomic E-state index is 0.260. The summed E-state index contributed by atoms with van der Waals surface area (Å²) >= 11 is 0. The fourth-order valence-corrected chi connectivity index (χ4v) is 3.85. The molecule has 3 amide bonds. The van der Waals surface area contributed by atoms with Crippen molar-refractivity contribution in [1.82, 2.24) is 14.8 Å². The van der Waals surface area contributed by atoms with Gasteiger partial charge in [0.2, 0.25) is 0 Å². The first-order chi connectivity index (χ1) is 14.7. The van der Waals surface area contributed by atoms with Crippen LogP contribution in [0.5, 0.6) is 0 Å². The number of nitrogens with zero attached hydrogens (tertiary/aromatic N) is 3. The van der Waals surface area contributed by atoms with Crippen LogP contribution in [-0.2, 0) is 17.9 Å². The van der Waals surface area contributed by atoms with E-state index in [-0.39, 0.29) is 11.9 Å². The Morgan fingerprint density at radius 2 is 1.90 bits per heavy atom. The largest absolute Gasteiger partial charge is 0.381 e. The Bertz CT molecular complexity index is 1040. The fourth-order valence-electron chi connectivity index (χ4n) is 3.85. The van der Waals surface area contributed by atoms with Crippen molar-refractivity contribution >= 4 is 23.2 Å². The summed E-state index contributed by atoms with van der Waals surface area (Å²) < 4.78 is 13.3. The van der Waals surface area contributed by atoms with Gasteiger partial charge in [-0.1, -0.05) is 18.2 Å². The highest BCUT2D eigenvalue weighted by Gasteiger charge is 2.30. The highest BCUT2D eigenvalue weighted by molar-refractivity contribution is 5.90. The topological polar surface area (TPSA) is 85.8 Å². The maximum Gasteiger partial charge on any atom is 0.322 e. The number of anilines is 1. The van der Waals surface area contributed by atoms with Crippen LogP contribution in [-0.4, -0.2) is 50.5 Å². The number of carbonyl (C=O) groups excluding carboxylic acids is 2. The van der Waals surface area contributed by atoms with E-state index in [0.29, 0.717) is 44.0 Å². The van der Waals surface area contributed by atoms with E-state index < -0.39 is 11.4 Å². The summed E-state index contributed by atoms with van der Waals surface area (Å²) in [5.41, 5.74) is 2.90. The number of amides is 3. The van der Waals surface area contributed by atoms with Gasteiger partial charge in [-0.15, -0.1) is 0 Å². The number of halogens is 1. The van der Waals surface area contributed by atoms with Crippen LogP contribution in [0.25, 0.3) is 5.57 Å². The van der Waals surface area contributed by atoms with Crippen LogP contribution in [0.4, 0.5) is 14.9 Å². The highest BCUT2D eigenvalue weighted by Crippen LogP contribution is 2.26. The van der Waals surface area contributed by atoms with Gasteiger partial charge in [0, 0.05) is 25.3 Å². The monoisotopic (exact) mass is 424 g/mol. The Balaban J connectivity index is 1.35. The van der Waals surface area contributed by atoms with E-state index in [0.717, 1.165) is 16.7 Å². The lowest BCUT2D eigenvalue weighted by Gasteiger charge is -2.31. The number of nitrogens with one attached hydrogen (secondary N) is 1. The number of benzene rings is 1. The number of carbonyl (C=O) groups is 2. The molecule has 0 unspecified atom stereocenters. The van der Waals surface area contributed by atoms with Gasteiger partial charge in [-0.25, -0.2) is 9.18 Å². The normalized spacial score (nSPS) is 16.1. The molecule has 0 fully saturated rings. The van der Waals surface area contributed by atoms with Crippen LogP contribution in [0, 0.1) is 5.82 Å². The predicted octanol–water partition coefficient (Wildman–Crippen LogP) is 3.16. The third-order valence-corrected chi connectivity index (χ3v) is 5.54. The van der Waals surface area contributed by atoms with Gasteiger partial charge in [0.05, 0.1) is 18.4 Å². The summed E-state index contributed by atoms with van der Waals surface area (Å²) in [7, 11) is 0. The van der Waals surface area contributed by atoms with Gasteiger partial charge in [0.15, 0.2) is 0 Å². The average Bonchev–Trinajstić information content (AvgIpc) is 3.17. The Morgan fingerprint density at radius 3 is 2.55 bits per heavy atom. The summed E-state index contributed by atoms with van der Waals surface area (Å²) in [6, 6.07) is 8.70. The third-order valence-electron chi connectivity index (χ3n) is 5.54. The fraction of sp³-hybridized carbons (Fsp3) is 0.348. The van der Waals surface area contributed by atoms with Crippen molar-refractivity contribution in [2.75, 3.05) is 18.4 Å². The van der Waals surface area contributed by atoms with Crippen molar-refractivity contribution in [3.8, 4) is 0 Å². The lowest BCUT2D eigenvalue weighted by molar-refractivity contribution is -0.147. The van der Waals surface area contributed by atoms with Gasteiger partial charge in [0.25, 0.3) is 5.91 Å². The molecule has 4 rings (SSSR count). The van der Waals surface area contributed by atoms with Gasteiger partial charge >= 0.3 is 6.03 Å². The zero-order valence-electron chi connectivity index (χ0n) is 17.6. The van der Waals surface area contributed by atoms with Gasteiger partial charge < -0.3 is 20.2 Å². The van der Waals surface area contributed by atoms with E-state index in [1.54, 1.807) is 9.80 Å². The third kappa shape index (κ3) is 4.59. The van der Waals surface area contributed by atoms with Crippen LogP contribution in [0.15, 0.2) is 42.6 Å². The quantitative estimate of drug-likeness (QED) is 0.793. The molecule has 2 aromatic rings. The number of urea groups is 1. The molecule has 0 spiro atoms. The number of fused-ring (bicyclic) bond motifs is 1. The summed E-state index contributed by atoms with van der Waals surface area (Å²) in [5.74, 6) is -0.677. The molecule has 0 aliphatic carbocycles. The molecule has 162 valence electrons. The predicted molar refractivity (Wildman–Crippen MR) is 114 cm³/mol. The summed E-state index contributed by atoms with van der Waals surface area (Å²) in [6.07, 6.45) is 3.86. The van der Waals surface area contributed by atoms with Crippen molar-refractivity contribution in [2.24, 2.45) is 0 Å². The van der Waals surface area contributed by atoms with E-state index in [1.165, 1.54) is 26.1 Å². The zero-order chi connectivity index (χ0) is 22.2. The lowest BCUT2D eigenvalue weighted by atomic mass is 9.98. The van der Waals surface area contributed by atoms with Crippen molar-refractivity contribution in [2.45, 2.75) is 39.0 Å². The van der Waals surface area contributed by atoms with Crippen molar-refractivity contribution in [3.63, 3.8) is 0 Å². The van der Waals surface area contributed by atoms with Crippen molar-refractivity contribution < 1.29 is 19.1 Å². The Labute approximate surface area is 180 Å².